The molecule has 0 radical (unpaired) electrons. The van der Waals surface area contributed by atoms with Crippen LogP contribution in [-0.4, -0.2) is 31.9 Å². The Morgan fingerprint density at radius 3 is 2.32 bits per heavy atom. The summed E-state index contributed by atoms with van der Waals surface area (Å²) in [5, 5.41) is 3.15. The molecule has 0 aliphatic carbocycles. The van der Waals surface area contributed by atoms with Crippen molar-refractivity contribution in [2.24, 2.45) is 0 Å². The molecule has 4 rings (SSSR count). The van der Waals surface area contributed by atoms with E-state index in [2.05, 4.69) is 5.32 Å². The van der Waals surface area contributed by atoms with Gasteiger partial charge in [0.2, 0.25) is 0 Å². The summed E-state index contributed by atoms with van der Waals surface area (Å²) in [6.45, 7) is 0. The minimum absolute atomic E-state index is 0.140. The Morgan fingerprint density at radius 1 is 0.871 bits per heavy atom. The molecule has 1 aliphatic heterocycles. The van der Waals surface area contributed by atoms with Gasteiger partial charge < -0.3 is 14.8 Å². The van der Waals surface area contributed by atoms with Gasteiger partial charge in [0.25, 0.3) is 17.7 Å². The molecule has 1 aliphatic rings. The zero-order valence-corrected chi connectivity index (χ0v) is 17.4. The van der Waals surface area contributed by atoms with Crippen LogP contribution in [0, 0.1) is 0 Å². The monoisotopic (exact) mass is 436 g/mol. The lowest BCUT2D eigenvalue weighted by atomic mass is 10.1. The van der Waals surface area contributed by atoms with E-state index >= 15 is 0 Å². The minimum atomic E-state index is -0.528. The van der Waals surface area contributed by atoms with Crippen molar-refractivity contribution in [1.82, 2.24) is 0 Å². The third kappa shape index (κ3) is 3.60. The summed E-state index contributed by atoms with van der Waals surface area (Å²) in [6, 6.07) is 15.9. The molecular weight excluding hydrogens is 420 g/mol. The van der Waals surface area contributed by atoms with E-state index in [4.69, 9.17) is 21.1 Å². The molecule has 7 nitrogen and oxygen atoms in total. The number of fused-ring (bicyclic) bond motifs is 1. The molecule has 3 amide bonds. The number of nitrogens with zero attached hydrogens (tertiary/aromatic N) is 1. The Morgan fingerprint density at radius 2 is 1.58 bits per heavy atom. The molecule has 156 valence electrons. The average molecular weight is 437 g/mol. The molecule has 0 atom stereocenters. The Kier molecular flexibility index (Phi) is 5.35. The van der Waals surface area contributed by atoms with Gasteiger partial charge in [0.1, 0.15) is 11.5 Å². The zero-order valence-electron chi connectivity index (χ0n) is 16.6. The third-order valence-corrected chi connectivity index (χ3v) is 5.12. The maximum Gasteiger partial charge on any atom is 0.266 e. The van der Waals surface area contributed by atoms with Crippen molar-refractivity contribution >= 4 is 40.7 Å². The number of carbonyl (C=O) groups is 3. The van der Waals surface area contributed by atoms with Gasteiger partial charge in [-0.1, -0.05) is 23.7 Å². The van der Waals surface area contributed by atoms with E-state index < -0.39 is 17.7 Å². The average Bonchev–Trinajstić information content (AvgIpc) is 3.03. The lowest BCUT2D eigenvalue weighted by Crippen LogP contribution is -2.29. The van der Waals surface area contributed by atoms with Crippen LogP contribution in [0.4, 0.5) is 11.4 Å². The fourth-order valence-corrected chi connectivity index (χ4v) is 3.56. The Hall–Kier alpha value is -3.84. The van der Waals surface area contributed by atoms with Crippen LogP contribution in [0.3, 0.4) is 0 Å². The molecule has 0 aromatic heterocycles. The van der Waals surface area contributed by atoms with Crippen molar-refractivity contribution in [3.63, 3.8) is 0 Å². The van der Waals surface area contributed by atoms with Crippen molar-refractivity contribution in [2.45, 2.75) is 0 Å². The summed E-state index contributed by atoms with van der Waals surface area (Å²) in [7, 11) is 2.94. The van der Waals surface area contributed by atoms with Crippen LogP contribution in [0.15, 0.2) is 60.7 Å². The first-order chi connectivity index (χ1) is 14.9. The standard InChI is InChI=1S/C23H17ClN2O5/c1-30-19-10-8-14(24)12-17(19)25-21(27)13-7-9-15-16(11-13)23(29)26(22(15)28)18-5-3-4-6-20(18)31-2/h3-12H,1-2H3,(H,25,27). The summed E-state index contributed by atoms with van der Waals surface area (Å²) in [5.41, 5.74) is 1.29. The second-order valence-corrected chi connectivity index (χ2v) is 7.11. The number of nitrogens with one attached hydrogen (secondary N) is 1. The van der Waals surface area contributed by atoms with Crippen LogP contribution in [0.1, 0.15) is 31.1 Å². The van der Waals surface area contributed by atoms with Crippen molar-refractivity contribution in [1.29, 1.82) is 0 Å². The van der Waals surface area contributed by atoms with E-state index in [0.29, 0.717) is 27.9 Å². The molecule has 1 N–H and O–H groups in total. The Labute approximate surface area is 183 Å². The van der Waals surface area contributed by atoms with E-state index in [9.17, 15) is 14.4 Å². The molecule has 31 heavy (non-hydrogen) atoms. The SMILES string of the molecule is COc1ccc(Cl)cc1NC(=O)c1ccc2c(c1)C(=O)N(c1ccccc1OC)C2=O. The number of halogens is 1. The smallest absolute Gasteiger partial charge is 0.266 e. The van der Waals surface area contributed by atoms with E-state index in [1.807, 2.05) is 0 Å². The molecule has 3 aromatic rings. The quantitative estimate of drug-likeness (QED) is 0.599. The summed E-state index contributed by atoms with van der Waals surface area (Å²) in [6.07, 6.45) is 0. The minimum Gasteiger partial charge on any atom is -0.495 e. The number of anilines is 2. The number of imide groups is 1. The zero-order chi connectivity index (χ0) is 22.1. The number of hydrogen-bond acceptors (Lipinski definition) is 5. The van der Waals surface area contributed by atoms with Crippen molar-refractivity contribution in [3.05, 3.63) is 82.4 Å². The molecule has 1 heterocycles. The number of para-hydroxylation sites is 2. The summed E-state index contributed by atoms with van der Waals surface area (Å²) in [5.74, 6) is -0.651. The number of ether oxygens (including phenoxy) is 2. The van der Waals surface area contributed by atoms with Crippen LogP contribution in [0.5, 0.6) is 11.5 Å². The number of carbonyl (C=O) groups excluding carboxylic acids is 3. The van der Waals surface area contributed by atoms with Crippen LogP contribution < -0.4 is 19.7 Å². The Bertz CT molecular complexity index is 1220. The van der Waals surface area contributed by atoms with E-state index in [1.54, 1.807) is 42.5 Å². The Balaban J connectivity index is 1.66. The van der Waals surface area contributed by atoms with Crippen LogP contribution in [-0.2, 0) is 0 Å². The van der Waals surface area contributed by atoms with Gasteiger partial charge in [-0.25, -0.2) is 4.90 Å². The predicted molar refractivity (Wildman–Crippen MR) is 117 cm³/mol. The summed E-state index contributed by atoms with van der Waals surface area (Å²) >= 11 is 6.01. The van der Waals surface area contributed by atoms with Gasteiger partial charge >= 0.3 is 0 Å². The number of hydrogen-bond donors (Lipinski definition) is 1. The fourth-order valence-electron chi connectivity index (χ4n) is 3.39. The molecule has 3 aromatic carbocycles. The third-order valence-electron chi connectivity index (χ3n) is 4.88. The second-order valence-electron chi connectivity index (χ2n) is 6.68. The first-order valence-electron chi connectivity index (χ1n) is 9.25. The molecule has 0 fully saturated rings. The van der Waals surface area contributed by atoms with E-state index in [0.717, 1.165) is 4.90 Å². The maximum atomic E-state index is 13.0. The highest BCUT2D eigenvalue weighted by atomic mass is 35.5. The lowest BCUT2D eigenvalue weighted by molar-refractivity contribution is 0.0924. The molecule has 0 spiro atoms. The van der Waals surface area contributed by atoms with Gasteiger partial charge in [0.15, 0.2) is 0 Å². The topological polar surface area (TPSA) is 84.9 Å². The van der Waals surface area contributed by atoms with Crippen molar-refractivity contribution in [3.8, 4) is 11.5 Å². The predicted octanol–water partition coefficient (Wildman–Crippen LogP) is 4.41. The highest BCUT2D eigenvalue weighted by Gasteiger charge is 2.38. The summed E-state index contributed by atoms with van der Waals surface area (Å²) < 4.78 is 10.5. The van der Waals surface area contributed by atoms with Crippen molar-refractivity contribution < 1.29 is 23.9 Å². The molecule has 0 saturated heterocycles. The van der Waals surface area contributed by atoms with Gasteiger partial charge in [0.05, 0.1) is 36.7 Å². The molecule has 0 bridgehead atoms. The number of amides is 3. The molecular formula is C23H17ClN2O5. The summed E-state index contributed by atoms with van der Waals surface area (Å²) in [4.78, 5) is 39.8. The van der Waals surface area contributed by atoms with Crippen LogP contribution in [0.25, 0.3) is 0 Å². The highest BCUT2D eigenvalue weighted by Crippen LogP contribution is 2.35. The molecule has 8 heteroatoms. The van der Waals surface area contributed by atoms with E-state index in [1.165, 1.54) is 32.4 Å². The van der Waals surface area contributed by atoms with E-state index in [-0.39, 0.29) is 16.7 Å². The number of methoxy groups -OCH3 is 2. The first kappa shape index (κ1) is 20.4. The van der Waals surface area contributed by atoms with Gasteiger partial charge in [-0.2, -0.15) is 0 Å². The van der Waals surface area contributed by atoms with Crippen LogP contribution >= 0.6 is 11.6 Å². The van der Waals surface area contributed by atoms with Gasteiger partial charge in [0, 0.05) is 10.6 Å². The normalized spacial score (nSPS) is 12.5. The number of rotatable bonds is 5. The van der Waals surface area contributed by atoms with Crippen LogP contribution in [0.2, 0.25) is 5.02 Å². The van der Waals surface area contributed by atoms with Gasteiger partial charge in [-0.15, -0.1) is 0 Å². The molecule has 0 unspecified atom stereocenters. The number of benzene rings is 3. The van der Waals surface area contributed by atoms with Gasteiger partial charge in [-0.05, 0) is 48.5 Å². The van der Waals surface area contributed by atoms with Crippen molar-refractivity contribution in [2.75, 3.05) is 24.4 Å². The fraction of sp³-hybridized carbons (Fsp3) is 0.0870. The highest BCUT2D eigenvalue weighted by molar-refractivity contribution is 6.35. The largest absolute Gasteiger partial charge is 0.495 e. The second kappa shape index (κ2) is 8.12. The van der Waals surface area contributed by atoms with Gasteiger partial charge in [-0.3, -0.25) is 14.4 Å². The molecule has 0 saturated carbocycles. The lowest BCUT2D eigenvalue weighted by Gasteiger charge is -2.16. The first-order valence-corrected chi connectivity index (χ1v) is 9.63. The maximum absolute atomic E-state index is 13.0.